The number of nitrogens with zero attached hydrogens (tertiary/aromatic N) is 1. The van der Waals surface area contributed by atoms with E-state index in [1.54, 1.807) is 4.90 Å². The van der Waals surface area contributed by atoms with E-state index >= 15 is 0 Å². The largest absolute Gasteiger partial charge is 0.394 e. The Labute approximate surface area is 119 Å². The summed E-state index contributed by atoms with van der Waals surface area (Å²) < 4.78 is 31.0. The van der Waals surface area contributed by atoms with Crippen LogP contribution in [0.1, 0.15) is 0 Å². The van der Waals surface area contributed by atoms with Gasteiger partial charge in [0.05, 0.1) is 31.6 Å². The zero-order chi connectivity index (χ0) is 14.5. The molecule has 1 saturated heterocycles. The van der Waals surface area contributed by atoms with E-state index in [0.717, 1.165) is 23.9 Å². The third kappa shape index (κ3) is 3.68. The van der Waals surface area contributed by atoms with Gasteiger partial charge in [-0.15, -0.1) is 11.8 Å². The Morgan fingerprint density at radius 2 is 2.25 bits per heavy atom. The number of thioether (sulfide) groups is 1. The number of aliphatic hydroxyl groups is 1. The molecule has 0 aliphatic carbocycles. The van der Waals surface area contributed by atoms with E-state index in [1.165, 1.54) is 6.07 Å². The smallest absolute Gasteiger partial charge is 0.233 e. The highest BCUT2D eigenvalue weighted by Gasteiger charge is 2.26. The SMILES string of the molecule is O=C(CSc1ccc(F)c(F)c1)N1CCOCC1CO. The summed E-state index contributed by atoms with van der Waals surface area (Å²) in [5, 5.41) is 9.19. The van der Waals surface area contributed by atoms with Gasteiger partial charge in [0, 0.05) is 11.4 Å². The minimum Gasteiger partial charge on any atom is -0.394 e. The van der Waals surface area contributed by atoms with Crippen LogP contribution < -0.4 is 0 Å². The molecule has 1 aliphatic rings. The van der Waals surface area contributed by atoms with Crippen LogP contribution in [0.25, 0.3) is 0 Å². The van der Waals surface area contributed by atoms with Crippen molar-refractivity contribution in [2.24, 2.45) is 0 Å². The topological polar surface area (TPSA) is 49.8 Å². The number of benzene rings is 1. The molecule has 110 valence electrons. The Balaban J connectivity index is 1.92. The third-order valence-corrected chi connectivity index (χ3v) is 3.99. The number of aliphatic hydroxyl groups excluding tert-OH is 1. The number of carbonyl (C=O) groups is 1. The van der Waals surface area contributed by atoms with Crippen LogP contribution in [0.3, 0.4) is 0 Å². The van der Waals surface area contributed by atoms with Crippen molar-refractivity contribution in [2.45, 2.75) is 10.9 Å². The summed E-state index contributed by atoms with van der Waals surface area (Å²) in [5.74, 6) is -1.87. The lowest BCUT2D eigenvalue weighted by Gasteiger charge is -2.34. The molecule has 20 heavy (non-hydrogen) atoms. The molecule has 0 aromatic heterocycles. The van der Waals surface area contributed by atoms with Crippen molar-refractivity contribution in [3.05, 3.63) is 29.8 Å². The van der Waals surface area contributed by atoms with Crippen LogP contribution in [-0.4, -0.2) is 54.1 Å². The maximum Gasteiger partial charge on any atom is 0.233 e. The number of carbonyl (C=O) groups excluding carboxylic acids is 1. The van der Waals surface area contributed by atoms with Gasteiger partial charge in [0.1, 0.15) is 0 Å². The lowest BCUT2D eigenvalue weighted by Crippen LogP contribution is -2.51. The van der Waals surface area contributed by atoms with E-state index in [-0.39, 0.29) is 24.3 Å². The molecule has 1 fully saturated rings. The zero-order valence-corrected chi connectivity index (χ0v) is 11.5. The molecular formula is C13H15F2NO3S. The minimum absolute atomic E-state index is 0.113. The summed E-state index contributed by atoms with van der Waals surface area (Å²) in [6.07, 6.45) is 0. The average Bonchev–Trinajstić information content (AvgIpc) is 2.48. The van der Waals surface area contributed by atoms with Crippen LogP contribution in [0.15, 0.2) is 23.1 Å². The molecule has 4 nitrogen and oxygen atoms in total. The Morgan fingerprint density at radius 3 is 2.95 bits per heavy atom. The summed E-state index contributed by atoms with van der Waals surface area (Å²) in [4.78, 5) is 14.1. The van der Waals surface area contributed by atoms with Gasteiger partial charge in [-0.1, -0.05) is 0 Å². The van der Waals surface area contributed by atoms with E-state index in [0.29, 0.717) is 24.7 Å². The highest BCUT2D eigenvalue weighted by molar-refractivity contribution is 8.00. The van der Waals surface area contributed by atoms with Gasteiger partial charge in [0.2, 0.25) is 5.91 Å². The van der Waals surface area contributed by atoms with Crippen LogP contribution in [0.4, 0.5) is 8.78 Å². The van der Waals surface area contributed by atoms with Crippen LogP contribution >= 0.6 is 11.8 Å². The minimum atomic E-state index is -0.929. The fraction of sp³-hybridized carbons (Fsp3) is 0.462. The Hall–Kier alpha value is -1.18. The van der Waals surface area contributed by atoms with E-state index in [4.69, 9.17) is 4.74 Å². The molecule has 1 aromatic carbocycles. The van der Waals surface area contributed by atoms with E-state index in [9.17, 15) is 18.7 Å². The molecule has 1 aromatic rings. The standard InChI is InChI=1S/C13H15F2NO3S/c14-11-2-1-10(5-12(11)15)20-8-13(18)16-3-4-19-7-9(16)6-17/h1-2,5,9,17H,3-4,6-8H2. The summed E-state index contributed by atoms with van der Waals surface area (Å²) >= 11 is 1.14. The first-order chi connectivity index (χ1) is 9.61. The molecule has 2 rings (SSSR count). The van der Waals surface area contributed by atoms with Gasteiger partial charge in [-0.3, -0.25) is 4.79 Å². The molecule has 1 N–H and O–H groups in total. The highest BCUT2D eigenvalue weighted by atomic mass is 32.2. The number of halogens is 2. The second-order valence-electron chi connectivity index (χ2n) is 4.36. The average molecular weight is 303 g/mol. The number of amides is 1. The first kappa shape index (κ1) is 15.2. The van der Waals surface area contributed by atoms with Crippen molar-refractivity contribution in [1.29, 1.82) is 0 Å². The maximum absolute atomic E-state index is 13.0. The predicted molar refractivity (Wildman–Crippen MR) is 70.5 cm³/mol. The molecular weight excluding hydrogens is 288 g/mol. The van der Waals surface area contributed by atoms with Gasteiger partial charge in [0.15, 0.2) is 11.6 Å². The molecule has 1 amide bonds. The number of ether oxygens (including phenoxy) is 1. The number of hydrogen-bond acceptors (Lipinski definition) is 4. The third-order valence-electron chi connectivity index (χ3n) is 3.01. The first-order valence-corrected chi connectivity index (χ1v) is 7.16. The zero-order valence-electron chi connectivity index (χ0n) is 10.7. The molecule has 0 radical (unpaired) electrons. The second kappa shape index (κ2) is 7.01. The molecule has 1 atom stereocenters. The Kier molecular flexibility index (Phi) is 5.33. The molecule has 0 bridgehead atoms. The molecule has 1 aliphatic heterocycles. The van der Waals surface area contributed by atoms with Crippen molar-refractivity contribution in [3.63, 3.8) is 0 Å². The number of morpholine rings is 1. The quantitative estimate of drug-likeness (QED) is 0.851. The van der Waals surface area contributed by atoms with Crippen LogP contribution in [0.5, 0.6) is 0 Å². The van der Waals surface area contributed by atoms with Crippen molar-refractivity contribution >= 4 is 17.7 Å². The normalized spacial score (nSPS) is 19.1. The lowest BCUT2D eigenvalue weighted by molar-refractivity contribution is -0.138. The van der Waals surface area contributed by atoms with Crippen molar-refractivity contribution in [3.8, 4) is 0 Å². The summed E-state index contributed by atoms with van der Waals surface area (Å²) in [6.45, 7) is 1.04. The Bertz CT molecular complexity index is 487. The van der Waals surface area contributed by atoms with E-state index in [2.05, 4.69) is 0 Å². The molecule has 0 spiro atoms. The molecule has 1 unspecified atom stereocenters. The second-order valence-corrected chi connectivity index (χ2v) is 5.41. The van der Waals surface area contributed by atoms with Crippen LogP contribution in [0.2, 0.25) is 0 Å². The predicted octanol–water partition coefficient (Wildman–Crippen LogP) is 1.28. The van der Waals surface area contributed by atoms with Gasteiger partial charge in [-0.05, 0) is 18.2 Å². The van der Waals surface area contributed by atoms with E-state index < -0.39 is 11.6 Å². The maximum atomic E-state index is 13.0. The van der Waals surface area contributed by atoms with Gasteiger partial charge >= 0.3 is 0 Å². The number of hydrogen-bond donors (Lipinski definition) is 1. The van der Waals surface area contributed by atoms with Gasteiger partial charge < -0.3 is 14.7 Å². The van der Waals surface area contributed by atoms with E-state index in [1.807, 2.05) is 0 Å². The first-order valence-electron chi connectivity index (χ1n) is 6.17. The molecule has 7 heteroatoms. The summed E-state index contributed by atoms with van der Waals surface area (Å²) in [6, 6.07) is 3.20. The summed E-state index contributed by atoms with van der Waals surface area (Å²) in [5.41, 5.74) is 0. The van der Waals surface area contributed by atoms with Crippen LogP contribution in [0, 0.1) is 11.6 Å². The Morgan fingerprint density at radius 1 is 1.45 bits per heavy atom. The van der Waals surface area contributed by atoms with Crippen molar-refractivity contribution < 1.29 is 23.4 Å². The highest BCUT2D eigenvalue weighted by Crippen LogP contribution is 2.21. The van der Waals surface area contributed by atoms with Crippen molar-refractivity contribution in [1.82, 2.24) is 4.90 Å². The van der Waals surface area contributed by atoms with Gasteiger partial charge in [-0.2, -0.15) is 0 Å². The fourth-order valence-corrected chi connectivity index (χ4v) is 2.74. The molecule has 0 saturated carbocycles. The van der Waals surface area contributed by atoms with Gasteiger partial charge in [-0.25, -0.2) is 8.78 Å². The van der Waals surface area contributed by atoms with Crippen LogP contribution in [-0.2, 0) is 9.53 Å². The fourth-order valence-electron chi connectivity index (χ4n) is 1.93. The lowest BCUT2D eigenvalue weighted by atomic mass is 10.2. The van der Waals surface area contributed by atoms with Crippen molar-refractivity contribution in [2.75, 3.05) is 32.1 Å². The van der Waals surface area contributed by atoms with Gasteiger partial charge in [0.25, 0.3) is 0 Å². The summed E-state index contributed by atoms with van der Waals surface area (Å²) in [7, 11) is 0. The molecule has 1 heterocycles. The number of rotatable bonds is 4. The monoisotopic (exact) mass is 303 g/mol.